The lowest BCUT2D eigenvalue weighted by Gasteiger charge is -2.21. The Balaban J connectivity index is 1.61. The van der Waals surface area contributed by atoms with E-state index in [-0.39, 0.29) is 11.0 Å². The lowest BCUT2D eigenvalue weighted by Crippen LogP contribution is -2.20. The summed E-state index contributed by atoms with van der Waals surface area (Å²) >= 11 is 3.62. The van der Waals surface area contributed by atoms with Gasteiger partial charge in [-0.1, -0.05) is 51.1 Å². The van der Waals surface area contributed by atoms with E-state index in [1.165, 1.54) is 4.68 Å². The lowest BCUT2D eigenvalue weighted by atomic mass is 9.99. The van der Waals surface area contributed by atoms with Gasteiger partial charge in [0.2, 0.25) is 5.82 Å². The van der Waals surface area contributed by atoms with Crippen LogP contribution in [0.15, 0.2) is 85.5 Å². The average molecular weight is 574 g/mol. The molecule has 7 nitrogen and oxygen atoms in total. The van der Waals surface area contributed by atoms with Crippen molar-refractivity contribution in [2.45, 2.75) is 27.7 Å². The summed E-state index contributed by atoms with van der Waals surface area (Å²) in [4.78, 5) is 18.3. The van der Waals surface area contributed by atoms with Crippen molar-refractivity contribution in [2.24, 2.45) is 10.5 Å². The molecule has 0 aliphatic rings. The molecule has 5 rings (SSSR count). The van der Waals surface area contributed by atoms with Crippen molar-refractivity contribution in [1.82, 2.24) is 9.66 Å². The van der Waals surface area contributed by atoms with Gasteiger partial charge in [-0.05, 0) is 70.2 Å². The van der Waals surface area contributed by atoms with Crippen molar-refractivity contribution in [1.29, 1.82) is 0 Å². The third kappa shape index (κ3) is 5.36. The van der Waals surface area contributed by atoms with Gasteiger partial charge in [0.05, 0.1) is 34.8 Å². The van der Waals surface area contributed by atoms with E-state index < -0.39 is 0 Å². The first-order valence-corrected chi connectivity index (χ1v) is 13.2. The number of furan rings is 1. The summed E-state index contributed by atoms with van der Waals surface area (Å²) in [6.45, 7) is 9.25. The molecule has 2 heterocycles. The minimum atomic E-state index is -0.295. The highest BCUT2D eigenvalue weighted by atomic mass is 79.9. The van der Waals surface area contributed by atoms with E-state index in [9.17, 15) is 4.79 Å². The Kier molecular flexibility index (Phi) is 7.08. The highest BCUT2D eigenvalue weighted by Gasteiger charge is 2.18. The number of ether oxygens (including phenoxy) is 2. The van der Waals surface area contributed by atoms with Gasteiger partial charge in [0.25, 0.3) is 5.56 Å². The summed E-state index contributed by atoms with van der Waals surface area (Å²) in [7, 11) is 0. The highest BCUT2D eigenvalue weighted by molar-refractivity contribution is 9.10. The Morgan fingerprint density at radius 3 is 2.58 bits per heavy atom. The summed E-state index contributed by atoms with van der Waals surface area (Å²) in [5, 5.41) is 5.95. The van der Waals surface area contributed by atoms with Crippen molar-refractivity contribution >= 4 is 44.0 Å². The Labute approximate surface area is 228 Å². The van der Waals surface area contributed by atoms with Crippen LogP contribution in [0.3, 0.4) is 0 Å². The van der Waals surface area contributed by atoms with E-state index >= 15 is 0 Å². The van der Waals surface area contributed by atoms with E-state index in [1.807, 2.05) is 61.5 Å². The van der Waals surface area contributed by atoms with E-state index in [4.69, 9.17) is 18.9 Å². The van der Waals surface area contributed by atoms with Crippen molar-refractivity contribution in [3.8, 4) is 23.1 Å². The first-order chi connectivity index (χ1) is 18.2. The normalized spacial score (nSPS) is 12.0. The summed E-state index contributed by atoms with van der Waals surface area (Å²) in [5.74, 6) is 1.99. The first-order valence-electron chi connectivity index (χ1n) is 12.4. The van der Waals surface area contributed by atoms with Gasteiger partial charge in [-0.15, -0.1) is 0 Å². The van der Waals surface area contributed by atoms with Crippen LogP contribution >= 0.6 is 15.9 Å². The van der Waals surface area contributed by atoms with Crippen molar-refractivity contribution in [3.05, 3.63) is 87.1 Å². The second-order valence-corrected chi connectivity index (χ2v) is 10.9. The maximum atomic E-state index is 13.5. The molecule has 0 unspecified atom stereocenters. The van der Waals surface area contributed by atoms with Crippen LogP contribution in [0.2, 0.25) is 0 Å². The van der Waals surface area contributed by atoms with Crippen molar-refractivity contribution < 1.29 is 13.9 Å². The summed E-state index contributed by atoms with van der Waals surface area (Å²) in [5.41, 5.74) is 1.69. The van der Waals surface area contributed by atoms with Gasteiger partial charge in [-0.3, -0.25) is 4.79 Å². The van der Waals surface area contributed by atoms with Crippen LogP contribution in [0, 0.1) is 5.41 Å². The largest absolute Gasteiger partial charge is 0.490 e. The SMILES string of the molecule is CCOc1cc(C=Nn2c(-c3cc4ccccc4o3)nc3ccccc3c2=O)cc(Br)c1OCC(C)(C)C. The fraction of sp³-hybridized carbons (Fsp3) is 0.233. The molecule has 0 aliphatic carbocycles. The van der Waals surface area contributed by atoms with Gasteiger partial charge in [-0.25, -0.2) is 4.98 Å². The molecule has 0 aliphatic heterocycles. The predicted octanol–water partition coefficient (Wildman–Crippen LogP) is 7.28. The Morgan fingerprint density at radius 2 is 1.82 bits per heavy atom. The molecular formula is C30H28BrN3O4. The predicted molar refractivity (Wildman–Crippen MR) is 154 cm³/mol. The van der Waals surface area contributed by atoms with Crippen LogP contribution in [0.25, 0.3) is 33.5 Å². The van der Waals surface area contributed by atoms with Crippen LogP contribution in [0.1, 0.15) is 33.3 Å². The lowest BCUT2D eigenvalue weighted by molar-refractivity contribution is 0.187. The van der Waals surface area contributed by atoms with Crippen LogP contribution in [0.4, 0.5) is 0 Å². The third-order valence-electron chi connectivity index (χ3n) is 5.70. The molecule has 0 saturated heterocycles. The number of hydrogen-bond acceptors (Lipinski definition) is 6. The number of aromatic nitrogens is 2. The van der Waals surface area contributed by atoms with Gasteiger partial charge in [0.15, 0.2) is 17.3 Å². The molecule has 0 bridgehead atoms. The average Bonchev–Trinajstić information content (AvgIpc) is 3.31. The molecule has 0 saturated carbocycles. The molecule has 2 aromatic heterocycles. The number of benzene rings is 3. The molecule has 0 spiro atoms. The Bertz CT molecular complexity index is 1680. The number of rotatable bonds is 7. The number of halogens is 1. The monoisotopic (exact) mass is 573 g/mol. The van der Waals surface area contributed by atoms with Gasteiger partial charge < -0.3 is 13.9 Å². The standard InChI is InChI=1S/C30H28BrN3O4/c1-5-36-25-15-19(14-22(31)27(25)37-18-30(2,3)4)17-32-34-28(26-16-20-10-6-9-13-24(20)38-26)33-23-12-8-7-11-21(23)29(34)35/h6-17H,5,18H2,1-4H3. The van der Waals surface area contributed by atoms with Crippen LogP contribution < -0.4 is 15.0 Å². The van der Waals surface area contributed by atoms with Gasteiger partial charge in [0.1, 0.15) is 5.58 Å². The van der Waals surface area contributed by atoms with Crippen molar-refractivity contribution in [2.75, 3.05) is 13.2 Å². The molecule has 194 valence electrons. The zero-order chi connectivity index (χ0) is 26.9. The zero-order valence-electron chi connectivity index (χ0n) is 21.7. The fourth-order valence-corrected chi connectivity index (χ4v) is 4.54. The van der Waals surface area contributed by atoms with E-state index in [1.54, 1.807) is 18.3 Å². The molecule has 0 N–H and O–H groups in total. The van der Waals surface area contributed by atoms with Gasteiger partial charge in [-0.2, -0.15) is 9.78 Å². The van der Waals surface area contributed by atoms with Crippen LogP contribution in [-0.4, -0.2) is 29.1 Å². The maximum Gasteiger partial charge on any atom is 0.282 e. The number of nitrogens with zero attached hydrogens (tertiary/aromatic N) is 3. The molecule has 0 fully saturated rings. The molecule has 38 heavy (non-hydrogen) atoms. The molecule has 0 radical (unpaired) electrons. The summed E-state index contributed by atoms with van der Waals surface area (Å²) in [6.07, 6.45) is 1.60. The topological polar surface area (TPSA) is 78.9 Å². The molecule has 0 amide bonds. The van der Waals surface area contributed by atoms with Gasteiger partial charge >= 0.3 is 0 Å². The molecule has 3 aromatic carbocycles. The molecular weight excluding hydrogens is 546 g/mol. The second kappa shape index (κ2) is 10.5. The first kappa shape index (κ1) is 25.7. The summed E-state index contributed by atoms with van der Waals surface area (Å²) in [6, 6.07) is 20.4. The van der Waals surface area contributed by atoms with Crippen LogP contribution in [0.5, 0.6) is 11.5 Å². The van der Waals surface area contributed by atoms with E-state index in [2.05, 4.69) is 41.8 Å². The van der Waals surface area contributed by atoms with Crippen molar-refractivity contribution in [3.63, 3.8) is 0 Å². The van der Waals surface area contributed by atoms with Crippen LogP contribution in [-0.2, 0) is 0 Å². The molecule has 8 heteroatoms. The van der Waals surface area contributed by atoms with Gasteiger partial charge in [0, 0.05) is 5.39 Å². The maximum absolute atomic E-state index is 13.5. The molecule has 0 atom stereocenters. The zero-order valence-corrected chi connectivity index (χ0v) is 23.3. The number of hydrogen-bond donors (Lipinski definition) is 0. The number of para-hydroxylation sites is 2. The minimum Gasteiger partial charge on any atom is -0.490 e. The second-order valence-electron chi connectivity index (χ2n) is 10.1. The fourth-order valence-electron chi connectivity index (χ4n) is 3.96. The van der Waals surface area contributed by atoms with E-state index in [0.717, 1.165) is 15.4 Å². The quantitative estimate of drug-likeness (QED) is 0.191. The third-order valence-corrected chi connectivity index (χ3v) is 6.29. The number of fused-ring (bicyclic) bond motifs is 2. The minimum absolute atomic E-state index is 0.0135. The summed E-state index contributed by atoms with van der Waals surface area (Å²) < 4.78 is 20.0. The Morgan fingerprint density at radius 1 is 1.05 bits per heavy atom. The highest BCUT2D eigenvalue weighted by Crippen LogP contribution is 2.37. The molecule has 5 aromatic rings. The van der Waals surface area contributed by atoms with E-state index in [0.29, 0.717) is 52.8 Å². The smallest absolute Gasteiger partial charge is 0.282 e. The Hall–Kier alpha value is -3.91.